The fourth-order valence-corrected chi connectivity index (χ4v) is 3.32. The third-order valence-electron chi connectivity index (χ3n) is 4.96. The highest BCUT2D eigenvalue weighted by atomic mass is 16.5. The third-order valence-corrected chi connectivity index (χ3v) is 4.96. The van der Waals surface area contributed by atoms with E-state index in [0.29, 0.717) is 31.6 Å². The standard InChI is InChI=1S/C19H26N6O2/c1-13-3-2-5-21-18(13)22-7-6-20-17-9-16(14-4-8-27-12-14)23-19(24-17)25-10-15(26)11-25/h2-3,5,9,14-15,26H,4,6-8,10-12H2,1H3,(H,21,22)(H,20,23,24)/t14-/m1/s1. The molecular weight excluding hydrogens is 344 g/mol. The van der Waals surface area contributed by atoms with Crippen molar-refractivity contribution in [3.05, 3.63) is 35.7 Å². The van der Waals surface area contributed by atoms with Gasteiger partial charge in [-0.1, -0.05) is 6.07 Å². The molecule has 144 valence electrons. The molecule has 4 heterocycles. The number of rotatable bonds is 7. The first kappa shape index (κ1) is 17.9. The predicted octanol–water partition coefficient (Wildman–Crippen LogP) is 1.39. The summed E-state index contributed by atoms with van der Waals surface area (Å²) in [6, 6.07) is 5.99. The van der Waals surface area contributed by atoms with Gasteiger partial charge in [0.2, 0.25) is 5.95 Å². The lowest BCUT2D eigenvalue weighted by molar-refractivity contribution is 0.140. The van der Waals surface area contributed by atoms with Gasteiger partial charge in [-0.25, -0.2) is 9.97 Å². The van der Waals surface area contributed by atoms with Crippen LogP contribution in [-0.4, -0.2) is 65.6 Å². The minimum Gasteiger partial charge on any atom is -0.389 e. The van der Waals surface area contributed by atoms with Crippen LogP contribution in [0.3, 0.4) is 0 Å². The van der Waals surface area contributed by atoms with E-state index in [9.17, 15) is 5.11 Å². The van der Waals surface area contributed by atoms with E-state index in [0.717, 1.165) is 49.0 Å². The summed E-state index contributed by atoms with van der Waals surface area (Å²) < 4.78 is 5.52. The fourth-order valence-electron chi connectivity index (χ4n) is 3.32. The molecule has 4 rings (SSSR count). The van der Waals surface area contributed by atoms with Crippen LogP contribution in [0.5, 0.6) is 0 Å². The fraction of sp³-hybridized carbons (Fsp3) is 0.526. The van der Waals surface area contributed by atoms with Crippen LogP contribution in [0.4, 0.5) is 17.6 Å². The molecule has 8 nitrogen and oxygen atoms in total. The number of pyridine rings is 1. The molecule has 0 unspecified atom stereocenters. The second-order valence-corrected chi connectivity index (χ2v) is 7.12. The molecular formula is C19H26N6O2. The van der Waals surface area contributed by atoms with Crippen molar-refractivity contribution in [3.8, 4) is 0 Å². The average molecular weight is 370 g/mol. The number of aliphatic hydroxyl groups is 1. The summed E-state index contributed by atoms with van der Waals surface area (Å²) in [4.78, 5) is 15.7. The Balaban J connectivity index is 1.40. The number of β-amino-alcohol motifs (C(OH)–C–C–N with tert-alkyl or cyclic N) is 1. The molecule has 2 saturated heterocycles. The van der Waals surface area contributed by atoms with Crippen LogP contribution in [-0.2, 0) is 4.74 Å². The minimum atomic E-state index is -0.283. The third kappa shape index (κ3) is 4.28. The van der Waals surface area contributed by atoms with Crippen molar-refractivity contribution in [2.24, 2.45) is 0 Å². The van der Waals surface area contributed by atoms with E-state index in [4.69, 9.17) is 9.72 Å². The zero-order valence-electron chi connectivity index (χ0n) is 15.6. The van der Waals surface area contributed by atoms with Crippen LogP contribution in [0.15, 0.2) is 24.4 Å². The van der Waals surface area contributed by atoms with Crippen LogP contribution < -0.4 is 15.5 Å². The summed E-state index contributed by atoms with van der Waals surface area (Å²) in [5, 5.41) is 16.3. The lowest BCUT2D eigenvalue weighted by atomic mass is 10.0. The number of aromatic nitrogens is 3. The predicted molar refractivity (Wildman–Crippen MR) is 104 cm³/mol. The van der Waals surface area contributed by atoms with Gasteiger partial charge in [0.25, 0.3) is 0 Å². The molecule has 0 aromatic carbocycles. The van der Waals surface area contributed by atoms with Gasteiger partial charge in [0.1, 0.15) is 11.6 Å². The van der Waals surface area contributed by atoms with Crippen molar-refractivity contribution in [1.82, 2.24) is 15.0 Å². The number of aryl methyl sites for hydroxylation is 1. The van der Waals surface area contributed by atoms with E-state index in [2.05, 4.69) is 20.6 Å². The Kier molecular flexibility index (Phi) is 5.35. The molecule has 2 aliphatic rings. The van der Waals surface area contributed by atoms with E-state index >= 15 is 0 Å². The van der Waals surface area contributed by atoms with Gasteiger partial charge in [0.15, 0.2) is 0 Å². The molecule has 0 radical (unpaired) electrons. The van der Waals surface area contributed by atoms with Crippen LogP contribution in [0.25, 0.3) is 0 Å². The smallest absolute Gasteiger partial charge is 0.227 e. The molecule has 0 spiro atoms. The first-order chi connectivity index (χ1) is 13.2. The second-order valence-electron chi connectivity index (χ2n) is 7.12. The maximum absolute atomic E-state index is 9.59. The molecule has 8 heteroatoms. The molecule has 1 atom stereocenters. The molecule has 0 saturated carbocycles. The lowest BCUT2D eigenvalue weighted by Gasteiger charge is -2.36. The maximum atomic E-state index is 9.59. The van der Waals surface area contributed by atoms with Gasteiger partial charge in [-0.3, -0.25) is 0 Å². The molecule has 2 aromatic heterocycles. The molecule has 2 aromatic rings. The molecule has 0 bridgehead atoms. The zero-order chi connectivity index (χ0) is 18.6. The van der Waals surface area contributed by atoms with Crippen molar-refractivity contribution in [2.75, 3.05) is 54.9 Å². The van der Waals surface area contributed by atoms with Crippen molar-refractivity contribution in [1.29, 1.82) is 0 Å². The number of nitrogens with zero attached hydrogens (tertiary/aromatic N) is 4. The summed E-state index contributed by atoms with van der Waals surface area (Å²) in [6.07, 6.45) is 2.49. The minimum absolute atomic E-state index is 0.283. The molecule has 2 aliphatic heterocycles. The van der Waals surface area contributed by atoms with Crippen molar-refractivity contribution in [2.45, 2.75) is 25.4 Å². The van der Waals surface area contributed by atoms with Gasteiger partial charge in [-0.2, -0.15) is 4.98 Å². The molecule has 2 fully saturated rings. The van der Waals surface area contributed by atoms with Gasteiger partial charge in [0.05, 0.1) is 18.4 Å². The largest absolute Gasteiger partial charge is 0.389 e. The number of aliphatic hydroxyl groups excluding tert-OH is 1. The first-order valence-electron chi connectivity index (χ1n) is 9.48. The highest BCUT2D eigenvalue weighted by molar-refractivity contribution is 5.47. The first-order valence-corrected chi connectivity index (χ1v) is 9.48. The summed E-state index contributed by atoms with van der Waals surface area (Å²) in [7, 11) is 0. The van der Waals surface area contributed by atoms with Gasteiger partial charge in [-0.05, 0) is 25.0 Å². The van der Waals surface area contributed by atoms with E-state index in [-0.39, 0.29) is 6.10 Å². The Morgan fingerprint density at radius 3 is 2.85 bits per heavy atom. The molecule has 3 N–H and O–H groups in total. The number of nitrogens with one attached hydrogen (secondary N) is 2. The Hall–Kier alpha value is -2.45. The quantitative estimate of drug-likeness (QED) is 0.630. The number of hydrogen-bond acceptors (Lipinski definition) is 8. The Labute approximate surface area is 159 Å². The Morgan fingerprint density at radius 1 is 1.26 bits per heavy atom. The van der Waals surface area contributed by atoms with Gasteiger partial charge in [-0.15, -0.1) is 0 Å². The SMILES string of the molecule is Cc1cccnc1NCCNc1cc([C@@H]2CCOC2)nc(N2CC(O)C2)n1. The van der Waals surface area contributed by atoms with E-state index in [1.165, 1.54) is 0 Å². The van der Waals surface area contributed by atoms with Crippen molar-refractivity contribution < 1.29 is 9.84 Å². The Bertz CT molecular complexity index is 775. The maximum Gasteiger partial charge on any atom is 0.227 e. The normalized spacial score (nSPS) is 19.8. The van der Waals surface area contributed by atoms with Crippen LogP contribution in [0.2, 0.25) is 0 Å². The zero-order valence-corrected chi connectivity index (χ0v) is 15.6. The summed E-state index contributed by atoms with van der Waals surface area (Å²) in [5.41, 5.74) is 2.14. The molecule has 0 aliphatic carbocycles. The monoisotopic (exact) mass is 370 g/mol. The highest BCUT2D eigenvalue weighted by Gasteiger charge is 2.28. The lowest BCUT2D eigenvalue weighted by Crippen LogP contribution is -2.51. The van der Waals surface area contributed by atoms with Gasteiger partial charge >= 0.3 is 0 Å². The second kappa shape index (κ2) is 8.06. The topological polar surface area (TPSA) is 95.4 Å². The van der Waals surface area contributed by atoms with Crippen LogP contribution in [0, 0.1) is 6.92 Å². The highest BCUT2D eigenvalue weighted by Crippen LogP contribution is 2.28. The number of anilines is 3. The van der Waals surface area contributed by atoms with Crippen LogP contribution >= 0.6 is 0 Å². The van der Waals surface area contributed by atoms with Gasteiger partial charge in [0, 0.05) is 51.0 Å². The summed E-state index contributed by atoms with van der Waals surface area (Å²) in [5.74, 6) is 2.71. The van der Waals surface area contributed by atoms with Crippen LogP contribution in [0.1, 0.15) is 23.6 Å². The average Bonchev–Trinajstić information content (AvgIpc) is 3.18. The van der Waals surface area contributed by atoms with E-state index in [1.54, 1.807) is 6.20 Å². The van der Waals surface area contributed by atoms with Gasteiger partial charge < -0.3 is 25.4 Å². The van der Waals surface area contributed by atoms with E-state index in [1.807, 2.05) is 30.0 Å². The number of ether oxygens (including phenoxy) is 1. The number of hydrogen-bond donors (Lipinski definition) is 3. The van der Waals surface area contributed by atoms with Crippen molar-refractivity contribution >= 4 is 17.6 Å². The summed E-state index contributed by atoms with van der Waals surface area (Å²) >= 11 is 0. The summed E-state index contributed by atoms with van der Waals surface area (Å²) in [6.45, 7) is 6.16. The molecule has 0 amide bonds. The van der Waals surface area contributed by atoms with Crippen molar-refractivity contribution in [3.63, 3.8) is 0 Å². The molecule has 27 heavy (non-hydrogen) atoms. The van der Waals surface area contributed by atoms with E-state index < -0.39 is 0 Å². The Morgan fingerprint density at radius 2 is 2.11 bits per heavy atom.